The highest BCUT2D eigenvalue weighted by Crippen LogP contribution is 2.21. The minimum absolute atomic E-state index is 0.471. The zero-order chi connectivity index (χ0) is 14.0. The summed E-state index contributed by atoms with van der Waals surface area (Å²) in [5.41, 5.74) is 9.41. The number of nitrogen functional groups attached to an aromatic ring is 1. The third kappa shape index (κ3) is 2.87. The molecule has 5 heteroatoms. The molecule has 2 rings (SSSR count). The molecule has 1 aromatic heterocycles. The van der Waals surface area contributed by atoms with E-state index in [2.05, 4.69) is 5.10 Å². The molecule has 0 aliphatic rings. The Labute approximate surface area is 116 Å². The average Bonchev–Trinajstić information content (AvgIpc) is 2.72. The Morgan fingerprint density at radius 3 is 2.79 bits per heavy atom. The third-order valence-electron chi connectivity index (χ3n) is 3.14. The quantitative estimate of drug-likeness (QED) is 0.873. The minimum Gasteiger partial charge on any atom is -0.398 e. The summed E-state index contributed by atoms with van der Waals surface area (Å²) in [6.45, 7) is 6.68. The van der Waals surface area contributed by atoms with Crippen molar-refractivity contribution in [1.29, 1.82) is 0 Å². The average molecular weight is 277 g/mol. The molecule has 2 aromatic rings. The molecule has 0 saturated heterocycles. The van der Waals surface area contributed by atoms with Gasteiger partial charge in [0.05, 0.1) is 27.9 Å². The number of aromatic nitrogens is 2. The number of hydrogen-bond donors (Lipinski definition) is 1. The zero-order valence-electron chi connectivity index (χ0n) is 11.5. The van der Waals surface area contributed by atoms with Gasteiger partial charge in [0.15, 0.2) is 0 Å². The van der Waals surface area contributed by atoms with Gasteiger partial charge in [0, 0.05) is 17.1 Å². The molecule has 0 radical (unpaired) electrons. The lowest BCUT2D eigenvalue weighted by Crippen LogP contribution is -2.07. The number of hydrogen-bond acceptors (Lipinski definition) is 3. The van der Waals surface area contributed by atoms with E-state index in [0.717, 1.165) is 28.4 Å². The Kier molecular flexibility index (Phi) is 4.04. The second kappa shape index (κ2) is 5.57. The van der Waals surface area contributed by atoms with Crippen LogP contribution in [0.2, 0.25) is 0 Å². The van der Waals surface area contributed by atoms with Crippen LogP contribution >= 0.6 is 0 Å². The van der Waals surface area contributed by atoms with Crippen molar-refractivity contribution in [2.24, 2.45) is 0 Å². The first kappa shape index (κ1) is 13.8. The van der Waals surface area contributed by atoms with Crippen LogP contribution in [0.25, 0.3) is 0 Å². The van der Waals surface area contributed by atoms with Crippen molar-refractivity contribution in [2.45, 2.75) is 38.0 Å². The number of benzene rings is 1. The van der Waals surface area contributed by atoms with Crippen molar-refractivity contribution < 1.29 is 4.21 Å². The molecule has 0 fully saturated rings. The predicted octanol–water partition coefficient (Wildman–Crippen LogP) is 2.41. The van der Waals surface area contributed by atoms with Crippen molar-refractivity contribution in [3.05, 3.63) is 41.2 Å². The second-order valence-corrected chi connectivity index (χ2v) is 5.97. The van der Waals surface area contributed by atoms with Gasteiger partial charge in [-0.2, -0.15) is 5.10 Å². The number of aryl methyl sites for hydroxylation is 2. The maximum Gasteiger partial charge on any atom is 0.0702 e. The van der Waals surface area contributed by atoms with E-state index < -0.39 is 10.8 Å². The lowest BCUT2D eigenvalue weighted by atomic mass is 10.2. The Hall–Kier alpha value is -1.62. The molecule has 1 aromatic carbocycles. The summed E-state index contributed by atoms with van der Waals surface area (Å²) in [5, 5.41) is 4.37. The van der Waals surface area contributed by atoms with Crippen LogP contribution < -0.4 is 5.73 Å². The fraction of sp³-hybridized carbons (Fsp3) is 0.357. The largest absolute Gasteiger partial charge is 0.398 e. The van der Waals surface area contributed by atoms with Gasteiger partial charge in [-0.3, -0.25) is 8.89 Å². The Bertz CT molecular complexity index is 619. The molecular formula is C14H19N3OS. The van der Waals surface area contributed by atoms with Crippen molar-refractivity contribution >= 4 is 16.5 Å². The Morgan fingerprint density at radius 1 is 1.37 bits per heavy atom. The Balaban J connectivity index is 2.28. The molecule has 1 atom stereocenters. The van der Waals surface area contributed by atoms with E-state index in [1.165, 1.54) is 0 Å². The summed E-state index contributed by atoms with van der Waals surface area (Å²) in [5.74, 6) is 0.471. The molecule has 0 spiro atoms. The molecule has 1 unspecified atom stereocenters. The highest BCUT2D eigenvalue weighted by atomic mass is 32.2. The van der Waals surface area contributed by atoms with E-state index in [9.17, 15) is 4.21 Å². The lowest BCUT2D eigenvalue weighted by molar-refractivity contribution is 0.627. The molecule has 0 aliphatic carbocycles. The summed E-state index contributed by atoms with van der Waals surface area (Å²) >= 11 is 0. The number of nitrogens with two attached hydrogens (primary N) is 1. The van der Waals surface area contributed by atoms with Gasteiger partial charge in [-0.05, 0) is 44.5 Å². The molecule has 0 aliphatic heterocycles. The number of nitrogens with zero attached hydrogens (tertiary/aromatic N) is 2. The van der Waals surface area contributed by atoms with Crippen molar-refractivity contribution in [2.75, 3.05) is 5.73 Å². The maximum absolute atomic E-state index is 12.5. The highest BCUT2D eigenvalue weighted by molar-refractivity contribution is 7.84. The molecule has 1 heterocycles. The van der Waals surface area contributed by atoms with Gasteiger partial charge in [0.1, 0.15) is 0 Å². The van der Waals surface area contributed by atoms with Gasteiger partial charge in [-0.25, -0.2) is 0 Å². The van der Waals surface area contributed by atoms with E-state index >= 15 is 0 Å². The van der Waals surface area contributed by atoms with Gasteiger partial charge in [-0.15, -0.1) is 0 Å². The summed E-state index contributed by atoms with van der Waals surface area (Å²) < 4.78 is 14.4. The van der Waals surface area contributed by atoms with E-state index in [1.54, 1.807) is 0 Å². The number of anilines is 1. The molecule has 102 valence electrons. The molecule has 2 N–H and O–H groups in total. The molecule has 4 nitrogen and oxygen atoms in total. The second-order valence-electron chi connectivity index (χ2n) is 4.55. The minimum atomic E-state index is -1.10. The van der Waals surface area contributed by atoms with Crippen LogP contribution in [0.15, 0.2) is 29.2 Å². The van der Waals surface area contributed by atoms with Crippen LogP contribution in [0.5, 0.6) is 0 Å². The van der Waals surface area contributed by atoms with Crippen LogP contribution in [-0.4, -0.2) is 14.0 Å². The van der Waals surface area contributed by atoms with E-state index in [1.807, 2.05) is 49.7 Å². The van der Waals surface area contributed by atoms with Gasteiger partial charge in [0.25, 0.3) is 0 Å². The van der Waals surface area contributed by atoms with E-state index in [-0.39, 0.29) is 0 Å². The van der Waals surface area contributed by atoms with Crippen LogP contribution in [-0.2, 0) is 23.1 Å². The van der Waals surface area contributed by atoms with Crippen molar-refractivity contribution in [3.8, 4) is 0 Å². The first-order valence-corrected chi connectivity index (χ1v) is 7.61. The molecule has 0 amide bonds. The van der Waals surface area contributed by atoms with Gasteiger partial charge in [-0.1, -0.05) is 6.07 Å². The smallest absolute Gasteiger partial charge is 0.0702 e. The molecule has 0 bridgehead atoms. The van der Waals surface area contributed by atoms with Gasteiger partial charge in [0.2, 0.25) is 0 Å². The van der Waals surface area contributed by atoms with Crippen LogP contribution in [0.3, 0.4) is 0 Å². The van der Waals surface area contributed by atoms with Crippen molar-refractivity contribution in [1.82, 2.24) is 9.78 Å². The fourth-order valence-corrected chi connectivity index (χ4v) is 3.43. The monoisotopic (exact) mass is 277 g/mol. The topological polar surface area (TPSA) is 60.9 Å². The first-order chi connectivity index (χ1) is 9.02. The van der Waals surface area contributed by atoms with Gasteiger partial charge >= 0.3 is 0 Å². The lowest BCUT2D eigenvalue weighted by Gasteiger charge is -2.09. The standard InChI is InChI=1S/C14H19N3OS/c1-4-17-12(8-10(2)16-17)9-19(18)14-7-5-6-13(15)11(14)3/h5-8H,4,9,15H2,1-3H3. The van der Waals surface area contributed by atoms with Crippen LogP contribution in [0, 0.1) is 13.8 Å². The van der Waals surface area contributed by atoms with E-state index in [0.29, 0.717) is 11.4 Å². The zero-order valence-corrected chi connectivity index (χ0v) is 12.3. The van der Waals surface area contributed by atoms with Crippen molar-refractivity contribution in [3.63, 3.8) is 0 Å². The summed E-state index contributed by atoms with van der Waals surface area (Å²) in [6.07, 6.45) is 0. The summed E-state index contributed by atoms with van der Waals surface area (Å²) in [6, 6.07) is 7.54. The highest BCUT2D eigenvalue weighted by Gasteiger charge is 2.13. The maximum atomic E-state index is 12.5. The Morgan fingerprint density at radius 2 is 2.11 bits per heavy atom. The fourth-order valence-electron chi connectivity index (χ4n) is 2.08. The first-order valence-electron chi connectivity index (χ1n) is 6.29. The molecular weight excluding hydrogens is 258 g/mol. The number of rotatable bonds is 4. The molecule has 19 heavy (non-hydrogen) atoms. The van der Waals surface area contributed by atoms with Gasteiger partial charge < -0.3 is 5.73 Å². The third-order valence-corrected chi connectivity index (χ3v) is 4.63. The summed E-state index contributed by atoms with van der Waals surface area (Å²) in [4.78, 5) is 0.807. The SMILES string of the molecule is CCn1nc(C)cc1CS(=O)c1cccc(N)c1C. The predicted molar refractivity (Wildman–Crippen MR) is 78.3 cm³/mol. The normalized spacial score (nSPS) is 12.6. The van der Waals surface area contributed by atoms with E-state index in [4.69, 9.17) is 5.73 Å². The summed E-state index contributed by atoms with van der Waals surface area (Å²) in [7, 11) is -1.10. The molecule has 0 saturated carbocycles. The van der Waals surface area contributed by atoms with Crippen LogP contribution in [0.1, 0.15) is 23.9 Å². The van der Waals surface area contributed by atoms with Crippen LogP contribution in [0.4, 0.5) is 5.69 Å².